The topological polar surface area (TPSA) is 12.1 Å². The minimum Gasteiger partial charge on any atom is -0.360 e. The number of nitrogens with zero attached hydrogens (tertiary/aromatic N) is 1. The zero-order valence-electron chi connectivity index (χ0n) is 12.4. The van der Waals surface area contributed by atoms with Crippen LogP contribution in [-0.2, 0) is 0 Å². The lowest BCUT2D eigenvalue weighted by molar-refractivity contribution is -0.952. The minimum absolute atomic E-state index is 0.826. The maximum Gasteiger partial charge on any atom is 0.0984 e. The standard InChI is InChI=1S/C16H24ClN3/c1-18-8-6-16(7-9-18)20-12-10-19(11-13-20)15-4-2-14(17)3-5-15/h2-5,16H,6-13H2,1H3/p+2. The summed E-state index contributed by atoms with van der Waals surface area (Å²) in [6.07, 6.45) is 2.81. The highest BCUT2D eigenvalue weighted by molar-refractivity contribution is 6.30. The summed E-state index contributed by atoms with van der Waals surface area (Å²) in [5.74, 6) is 0. The first-order chi connectivity index (χ1) is 9.72. The monoisotopic (exact) mass is 295 g/mol. The van der Waals surface area contributed by atoms with Gasteiger partial charge in [-0.15, -0.1) is 0 Å². The molecule has 110 valence electrons. The normalized spacial score (nSPS) is 28.6. The van der Waals surface area contributed by atoms with Crippen LogP contribution in [0.2, 0.25) is 5.02 Å². The molecule has 2 aliphatic heterocycles. The fraction of sp³-hybridized carbons (Fsp3) is 0.625. The average molecular weight is 296 g/mol. The number of anilines is 1. The molecule has 2 aliphatic rings. The molecule has 0 radical (unpaired) electrons. The van der Waals surface area contributed by atoms with E-state index in [1.807, 2.05) is 17.0 Å². The molecule has 3 rings (SSSR count). The van der Waals surface area contributed by atoms with Crippen molar-refractivity contribution in [3.63, 3.8) is 0 Å². The lowest BCUT2D eigenvalue weighted by atomic mass is 10.0. The number of rotatable bonds is 2. The molecule has 0 bridgehead atoms. The van der Waals surface area contributed by atoms with Gasteiger partial charge in [-0.2, -0.15) is 0 Å². The first-order valence-electron chi connectivity index (χ1n) is 7.89. The number of hydrogen-bond donors (Lipinski definition) is 2. The molecule has 1 aromatic rings. The van der Waals surface area contributed by atoms with Gasteiger partial charge in [-0.25, -0.2) is 0 Å². The van der Waals surface area contributed by atoms with Gasteiger partial charge >= 0.3 is 0 Å². The summed E-state index contributed by atoms with van der Waals surface area (Å²) in [4.78, 5) is 6.04. The van der Waals surface area contributed by atoms with Crippen LogP contribution in [0, 0.1) is 0 Å². The van der Waals surface area contributed by atoms with Gasteiger partial charge in [0, 0.05) is 23.6 Å². The van der Waals surface area contributed by atoms with Gasteiger partial charge in [0.15, 0.2) is 0 Å². The molecule has 0 atom stereocenters. The molecule has 0 unspecified atom stereocenters. The van der Waals surface area contributed by atoms with Gasteiger partial charge in [-0.05, 0) is 24.3 Å². The van der Waals surface area contributed by atoms with E-state index >= 15 is 0 Å². The molecule has 20 heavy (non-hydrogen) atoms. The summed E-state index contributed by atoms with van der Waals surface area (Å²) in [6.45, 7) is 7.63. The highest BCUT2D eigenvalue weighted by Gasteiger charge is 2.31. The SMILES string of the molecule is C[NH+]1CCC([NH+]2CCN(c3ccc(Cl)cc3)CC2)CC1. The van der Waals surface area contributed by atoms with Crippen molar-refractivity contribution in [2.24, 2.45) is 0 Å². The zero-order valence-corrected chi connectivity index (χ0v) is 13.1. The molecule has 0 amide bonds. The number of halogens is 1. The van der Waals surface area contributed by atoms with Crippen LogP contribution in [0.15, 0.2) is 24.3 Å². The second kappa shape index (κ2) is 6.33. The zero-order chi connectivity index (χ0) is 13.9. The molecular formula is C16H26ClN3+2. The molecule has 2 fully saturated rings. The molecule has 3 nitrogen and oxygen atoms in total. The molecule has 0 aliphatic carbocycles. The minimum atomic E-state index is 0.826. The van der Waals surface area contributed by atoms with E-state index in [2.05, 4.69) is 24.1 Å². The van der Waals surface area contributed by atoms with Crippen molar-refractivity contribution in [1.82, 2.24) is 0 Å². The van der Waals surface area contributed by atoms with Crippen LogP contribution in [0.3, 0.4) is 0 Å². The van der Waals surface area contributed by atoms with Crippen LogP contribution >= 0.6 is 11.6 Å². The van der Waals surface area contributed by atoms with Crippen molar-refractivity contribution in [2.75, 3.05) is 51.2 Å². The maximum atomic E-state index is 5.96. The van der Waals surface area contributed by atoms with Crippen LogP contribution in [0.5, 0.6) is 0 Å². The van der Waals surface area contributed by atoms with E-state index in [1.165, 1.54) is 57.8 Å². The number of piperazine rings is 1. The summed E-state index contributed by atoms with van der Waals surface area (Å²) in [6, 6.07) is 9.19. The van der Waals surface area contributed by atoms with Gasteiger partial charge in [0.05, 0.1) is 52.4 Å². The van der Waals surface area contributed by atoms with Crippen molar-refractivity contribution in [1.29, 1.82) is 0 Å². The first kappa shape index (κ1) is 14.2. The molecule has 4 heteroatoms. The number of likely N-dealkylation sites (tertiary alicyclic amines) is 1. The Labute approximate surface area is 127 Å². The average Bonchev–Trinajstić information content (AvgIpc) is 2.49. The number of benzene rings is 1. The van der Waals surface area contributed by atoms with Gasteiger partial charge in [0.25, 0.3) is 0 Å². The van der Waals surface area contributed by atoms with Crippen molar-refractivity contribution >= 4 is 17.3 Å². The van der Waals surface area contributed by atoms with E-state index in [9.17, 15) is 0 Å². The Morgan fingerprint density at radius 1 is 1.00 bits per heavy atom. The van der Waals surface area contributed by atoms with Crippen molar-refractivity contribution in [2.45, 2.75) is 18.9 Å². The Hall–Kier alpha value is -0.770. The Kier molecular flexibility index (Phi) is 4.49. The summed E-state index contributed by atoms with van der Waals surface area (Å²) in [5, 5.41) is 0.826. The molecule has 0 spiro atoms. The lowest BCUT2D eigenvalue weighted by Crippen LogP contribution is -3.21. The van der Waals surface area contributed by atoms with E-state index in [1.54, 1.807) is 4.90 Å². The summed E-state index contributed by atoms with van der Waals surface area (Å²) >= 11 is 5.96. The van der Waals surface area contributed by atoms with E-state index in [0.29, 0.717) is 0 Å². The highest BCUT2D eigenvalue weighted by Crippen LogP contribution is 2.17. The predicted molar refractivity (Wildman–Crippen MR) is 84.0 cm³/mol. The Bertz CT molecular complexity index is 418. The second-order valence-corrected chi connectivity index (χ2v) is 6.79. The van der Waals surface area contributed by atoms with Gasteiger partial charge < -0.3 is 14.7 Å². The Morgan fingerprint density at radius 2 is 1.60 bits per heavy atom. The maximum absolute atomic E-state index is 5.96. The third-order valence-electron chi connectivity index (χ3n) is 5.01. The van der Waals surface area contributed by atoms with Crippen LogP contribution in [-0.4, -0.2) is 52.4 Å². The number of hydrogen-bond acceptors (Lipinski definition) is 1. The van der Waals surface area contributed by atoms with Crippen LogP contribution in [0.1, 0.15) is 12.8 Å². The molecule has 1 aromatic carbocycles. The van der Waals surface area contributed by atoms with Crippen molar-refractivity contribution < 1.29 is 9.80 Å². The van der Waals surface area contributed by atoms with Crippen LogP contribution in [0.4, 0.5) is 5.69 Å². The Morgan fingerprint density at radius 3 is 2.20 bits per heavy atom. The van der Waals surface area contributed by atoms with Crippen LogP contribution in [0.25, 0.3) is 0 Å². The molecule has 0 saturated carbocycles. The molecule has 2 N–H and O–H groups in total. The van der Waals surface area contributed by atoms with Crippen LogP contribution < -0.4 is 14.7 Å². The smallest absolute Gasteiger partial charge is 0.0984 e. The quantitative estimate of drug-likeness (QED) is 0.765. The third-order valence-corrected chi connectivity index (χ3v) is 5.27. The number of nitrogens with one attached hydrogen (secondary N) is 2. The van der Waals surface area contributed by atoms with Crippen molar-refractivity contribution in [3.05, 3.63) is 29.3 Å². The van der Waals surface area contributed by atoms with E-state index < -0.39 is 0 Å². The van der Waals surface area contributed by atoms with E-state index in [0.717, 1.165) is 11.1 Å². The second-order valence-electron chi connectivity index (χ2n) is 6.35. The highest BCUT2D eigenvalue weighted by atomic mass is 35.5. The molecule has 2 heterocycles. The fourth-order valence-electron chi connectivity index (χ4n) is 3.63. The predicted octanol–water partition coefficient (Wildman–Crippen LogP) is -0.278. The molecular weight excluding hydrogens is 270 g/mol. The van der Waals surface area contributed by atoms with Gasteiger partial charge in [-0.3, -0.25) is 0 Å². The van der Waals surface area contributed by atoms with Gasteiger partial charge in [-0.1, -0.05) is 11.6 Å². The van der Waals surface area contributed by atoms with Gasteiger partial charge in [0.1, 0.15) is 0 Å². The summed E-state index contributed by atoms with van der Waals surface area (Å²) < 4.78 is 0. The van der Waals surface area contributed by atoms with E-state index in [-0.39, 0.29) is 0 Å². The Balaban J connectivity index is 1.53. The largest absolute Gasteiger partial charge is 0.360 e. The fourth-order valence-corrected chi connectivity index (χ4v) is 3.76. The first-order valence-corrected chi connectivity index (χ1v) is 8.26. The number of quaternary nitrogens is 2. The summed E-state index contributed by atoms with van der Waals surface area (Å²) in [7, 11) is 2.32. The molecule has 0 aromatic heterocycles. The van der Waals surface area contributed by atoms with E-state index in [4.69, 9.17) is 11.6 Å². The molecule has 2 saturated heterocycles. The van der Waals surface area contributed by atoms with Gasteiger partial charge in [0.2, 0.25) is 0 Å². The van der Waals surface area contributed by atoms with Crippen molar-refractivity contribution in [3.8, 4) is 0 Å². The lowest BCUT2D eigenvalue weighted by Gasteiger charge is -2.39. The summed E-state index contributed by atoms with van der Waals surface area (Å²) in [5.41, 5.74) is 1.32. The third kappa shape index (κ3) is 3.27. The number of piperidine rings is 1.